The molecule has 0 aromatic heterocycles. The Morgan fingerprint density at radius 1 is 1.24 bits per heavy atom. The molecule has 1 N–H and O–H groups in total. The van der Waals surface area contributed by atoms with Crippen LogP contribution in [0.4, 0.5) is 8.78 Å². The van der Waals surface area contributed by atoms with E-state index in [0.29, 0.717) is 19.1 Å². The van der Waals surface area contributed by atoms with Crippen molar-refractivity contribution in [2.24, 2.45) is 5.92 Å². The molecule has 3 rings (SSSR count). The molecule has 9 heteroatoms. The van der Waals surface area contributed by atoms with Crippen LogP contribution in [0.25, 0.3) is 0 Å². The highest BCUT2D eigenvalue weighted by Crippen LogP contribution is 2.31. The van der Waals surface area contributed by atoms with Crippen molar-refractivity contribution in [1.82, 2.24) is 9.62 Å². The Kier molecular flexibility index (Phi) is 5.82. The molecule has 5 nitrogen and oxygen atoms in total. The van der Waals surface area contributed by atoms with E-state index in [1.54, 1.807) is 0 Å². The first kappa shape index (κ1) is 18.8. The van der Waals surface area contributed by atoms with Crippen LogP contribution in [0.15, 0.2) is 23.1 Å². The molecule has 140 valence electrons. The molecule has 1 heterocycles. The van der Waals surface area contributed by atoms with E-state index in [1.165, 1.54) is 23.2 Å². The van der Waals surface area contributed by atoms with E-state index >= 15 is 0 Å². The van der Waals surface area contributed by atoms with Gasteiger partial charge in [0.1, 0.15) is 5.75 Å². The molecule has 0 radical (unpaired) electrons. The van der Waals surface area contributed by atoms with Crippen LogP contribution in [0, 0.1) is 5.92 Å². The van der Waals surface area contributed by atoms with Gasteiger partial charge in [-0.25, -0.2) is 8.42 Å². The number of sulfonamides is 1. The SMILES string of the molecule is O=S(=O)(c1ccc(OC(F)F)c(Cl)c1)N1CCC(NCC2CC2)CC1. The molecule has 0 amide bonds. The minimum atomic E-state index is -3.69. The normalized spacial score (nSPS) is 20.2. The largest absolute Gasteiger partial charge is 0.433 e. The first-order valence-electron chi connectivity index (χ1n) is 8.34. The number of alkyl halides is 2. The fourth-order valence-electron chi connectivity index (χ4n) is 2.94. The third-order valence-electron chi connectivity index (χ3n) is 4.60. The highest BCUT2D eigenvalue weighted by atomic mass is 35.5. The molecule has 1 aromatic rings. The standard InChI is InChI=1S/C16H21ClF2N2O3S/c17-14-9-13(3-4-15(14)24-16(18)19)25(22,23)21-7-5-12(6-8-21)20-10-11-1-2-11/h3-4,9,11-12,16,20H,1-2,5-8,10H2. The molecule has 0 atom stereocenters. The number of hydrogen-bond donors (Lipinski definition) is 1. The number of nitrogens with zero attached hydrogens (tertiary/aromatic N) is 1. The minimum Gasteiger partial charge on any atom is -0.433 e. The van der Waals surface area contributed by atoms with Gasteiger partial charge >= 0.3 is 6.61 Å². The molecule has 1 aromatic carbocycles. The number of piperidine rings is 1. The molecule has 1 aliphatic carbocycles. The van der Waals surface area contributed by atoms with Gasteiger partial charge in [-0.05, 0) is 56.3 Å². The number of halogens is 3. The molecular weight excluding hydrogens is 374 g/mol. The second-order valence-electron chi connectivity index (χ2n) is 6.50. The number of rotatable bonds is 7. The lowest BCUT2D eigenvalue weighted by molar-refractivity contribution is -0.0498. The zero-order valence-electron chi connectivity index (χ0n) is 13.6. The van der Waals surface area contributed by atoms with Gasteiger partial charge in [-0.1, -0.05) is 11.6 Å². The monoisotopic (exact) mass is 394 g/mol. The second kappa shape index (κ2) is 7.73. The Bertz CT molecular complexity index is 705. The van der Waals surface area contributed by atoms with E-state index in [0.717, 1.165) is 37.4 Å². The maximum atomic E-state index is 12.7. The van der Waals surface area contributed by atoms with Gasteiger partial charge < -0.3 is 10.1 Å². The van der Waals surface area contributed by atoms with Crippen molar-refractivity contribution in [2.75, 3.05) is 19.6 Å². The first-order valence-corrected chi connectivity index (χ1v) is 10.2. The average molecular weight is 395 g/mol. The Labute approximate surface area is 151 Å². The molecule has 1 saturated carbocycles. The van der Waals surface area contributed by atoms with Gasteiger partial charge in [0.2, 0.25) is 10.0 Å². The maximum absolute atomic E-state index is 12.7. The molecular formula is C16H21ClF2N2O3S. The maximum Gasteiger partial charge on any atom is 0.387 e. The fourth-order valence-corrected chi connectivity index (χ4v) is 4.72. The molecule has 25 heavy (non-hydrogen) atoms. The number of hydrogen-bond acceptors (Lipinski definition) is 4. The van der Waals surface area contributed by atoms with E-state index in [2.05, 4.69) is 10.1 Å². The molecule has 0 bridgehead atoms. The van der Waals surface area contributed by atoms with Crippen molar-refractivity contribution >= 4 is 21.6 Å². The van der Waals surface area contributed by atoms with Crippen LogP contribution in [0.5, 0.6) is 5.75 Å². The van der Waals surface area contributed by atoms with Gasteiger partial charge in [-0.2, -0.15) is 13.1 Å². The smallest absolute Gasteiger partial charge is 0.387 e. The summed E-state index contributed by atoms with van der Waals surface area (Å²) in [6, 6.07) is 3.91. The van der Waals surface area contributed by atoms with E-state index in [-0.39, 0.29) is 15.7 Å². The molecule has 0 unspecified atom stereocenters. The zero-order valence-corrected chi connectivity index (χ0v) is 15.2. The minimum absolute atomic E-state index is 0.0106. The van der Waals surface area contributed by atoms with Gasteiger partial charge in [-0.3, -0.25) is 0 Å². The third-order valence-corrected chi connectivity index (χ3v) is 6.79. The molecule has 0 spiro atoms. The molecule has 2 aliphatic rings. The van der Waals surface area contributed by atoms with E-state index in [4.69, 9.17) is 11.6 Å². The number of ether oxygens (including phenoxy) is 1. The Morgan fingerprint density at radius 2 is 1.92 bits per heavy atom. The summed E-state index contributed by atoms with van der Waals surface area (Å²) in [7, 11) is -3.69. The summed E-state index contributed by atoms with van der Waals surface area (Å²) >= 11 is 5.87. The summed E-state index contributed by atoms with van der Waals surface area (Å²) in [6.45, 7) is -1.14. The van der Waals surface area contributed by atoms with Gasteiger partial charge in [0.25, 0.3) is 0 Å². The molecule has 2 fully saturated rings. The second-order valence-corrected chi connectivity index (χ2v) is 8.85. The van der Waals surface area contributed by atoms with Crippen LogP contribution >= 0.6 is 11.6 Å². The number of benzene rings is 1. The van der Waals surface area contributed by atoms with Crippen molar-refractivity contribution in [2.45, 2.75) is 43.2 Å². The van der Waals surface area contributed by atoms with Gasteiger partial charge in [0.05, 0.1) is 9.92 Å². The van der Waals surface area contributed by atoms with Crippen molar-refractivity contribution in [3.05, 3.63) is 23.2 Å². The summed E-state index contributed by atoms with van der Waals surface area (Å²) in [5, 5.41) is 3.35. The Balaban J connectivity index is 1.62. The van der Waals surface area contributed by atoms with Crippen LogP contribution in [0.3, 0.4) is 0 Å². The van der Waals surface area contributed by atoms with Crippen LogP contribution in [0.1, 0.15) is 25.7 Å². The zero-order chi connectivity index (χ0) is 18.0. The molecule has 1 saturated heterocycles. The van der Waals surface area contributed by atoms with Crippen molar-refractivity contribution < 1.29 is 21.9 Å². The predicted octanol–water partition coefficient (Wildman–Crippen LogP) is 3.09. The summed E-state index contributed by atoms with van der Waals surface area (Å²) in [5.41, 5.74) is 0. The van der Waals surface area contributed by atoms with Crippen molar-refractivity contribution in [3.8, 4) is 5.75 Å². The highest BCUT2D eigenvalue weighted by Gasteiger charge is 2.31. The summed E-state index contributed by atoms with van der Waals surface area (Å²) in [6.07, 6.45) is 4.08. The van der Waals surface area contributed by atoms with Crippen LogP contribution in [0.2, 0.25) is 5.02 Å². The predicted molar refractivity (Wildman–Crippen MR) is 90.6 cm³/mol. The van der Waals surface area contributed by atoms with Crippen LogP contribution in [-0.2, 0) is 10.0 Å². The van der Waals surface area contributed by atoms with Gasteiger partial charge in [0.15, 0.2) is 0 Å². The van der Waals surface area contributed by atoms with E-state index in [9.17, 15) is 17.2 Å². The topological polar surface area (TPSA) is 58.6 Å². The van der Waals surface area contributed by atoms with E-state index < -0.39 is 16.6 Å². The summed E-state index contributed by atoms with van der Waals surface area (Å²) in [4.78, 5) is -0.0106. The summed E-state index contributed by atoms with van der Waals surface area (Å²) < 4.78 is 55.6. The van der Waals surface area contributed by atoms with Crippen molar-refractivity contribution in [3.63, 3.8) is 0 Å². The van der Waals surface area contributed by atoms with Crippen molar-refractivity contribution in [1.29, 1.82) is 0 Å². The quantitative estimate of drug-likeness (QED) is 0.772. The molecule has 1 aliphatic heterocycles. The van der Waals surface area contributed by atoms with Crippen LogP contribution in [-0.4, -0.2) is 45.0 Å². The third kappa shape index (κ3) is 4.81. The lowest BCUT2D eigenvalue weighted by Crippen LogP contribution is -2.45. The lowest BCUT2D eigenvalue weighted by atomic mass is 10.1. The van der Waals surface area contributed by atoms with Gasteiger partial charge in [0, 0.05) is 19.1 Å². The lowest BCUT2D eigenvalue weighted by Gasteiger charge is -2.31. The number of nitrogens with one attached hydrogen (secondary N) is 1. The van der Waals surface area contributed by atoms with E-state index in [1.807, 2.05) is 0 Å². The summed E-state index contributed by atoms with van der Waals surface area (Å²) in [5.74, 6) is 0.552. The first-order chi connectivity index (χ1) is 11.9. The van der Waals surface area contributed by atoms with Gasteiger partial charge in [-0.15, -0.1) is 0 Å². The highest BCUT2D eigenvalue weighted by molar-refractivity contribution is 7.89. The fraction of sp³-hybridized carbons (Fsp3) is 0.625. The average Bonchev–Trinajstić information content (AvgIpc) is 3.39. The van der Waals surface area contributed by atoms with Crippen LogP contribution < -0.4 is 10.1 Å². The Hall–Kier alpha value is -0.960. The Morgan fingerprint density at radius 3 is 2.48 bits per heavy atom.